The molecule has 1 aliphatic rings. The van der Waals surface area contributed by atoms with Gasteiger partial charge < -0.3 is 10.2 Å². The van der Waals surface area contributed by atoms with Crippen molar-refractivity contribution in [3.63, 3.8) is 0 Å². The number of hydrogen-bond donors (Lipinski definition) is 1. The Morgan fingerprint density at radius 2 is 2.24 bits per heavy atom. The van der Waals surface area contributed by atoms with Crippen molar-refractivity contribution < 1.29 is 0 Å². The molecule has 0 amide bonds. The summed E-state index contributed by atoms with van der Waals surface area (Å²) in [6, 6.07) is 0.635. The Kier molecular flexibility index (Phi) is 5.81. The van der Waals surface area contributed by atoms with Crippen LogP contribution in [-0.2, 0) is 6.54 Å². The molecule has 4 heteroatoms. The van der Waals surface area contributed by atoms with Crippen LogP contribution in [0.4, 0.5) is 0 Å². The van der Waals surface area contributed by atoms with Crippen LogP contribution in [0.2, 0.25) is 0 Å². The van der Waals surface area contributed by atoms with E-state index in [-0.39, 0.29) is 0 Å². The van der Waals surface area contributed by atoms with Gasteiger partial charge in [-0.3, -0.25) is 0 Å². The minimum Gasteiger partial charge on any atom is -0.313 e. The van der Waals surface area contributed by atoms with Crippen molar-refractivity contribution in [3.05, 3.63) is 16.1 Å². The van der Waals surface area contributed by atoms with E-state index in [1.165, 1.54) is 30.0 Å². The number of hydrogen-bond acceptors (Lipinski definition) is 4. The van der Waals surface area contributed by atoms with Crippen LogP contribution < -0.4 is 5.32 Å². The summed E-state index contributed by atoms with van der Waals surface area (Å²) >= 11 is 1.75. The van der Waals surface area contributed by atoms with E-state index in [9.17, 15) is 0 Å². The van der Waals surface area contributed by atoms with Crippen molar-refractivity contribution in [1.82, 2.24) is 15.2 Å². The number of aryl methyl sites for hydroxylation is 1. The quantitative estimate of drug-likeness (QED) is 0.868. The van der Waals surface area contributed by atoms with Crippen molar-refractivity contribution >= 4 is 11.3 Å². The second kappa shape index (κ2) is 7.21. The number of rotatable bonds is 6. The topological polar surface area (TPSA) is 28.2 Å². The van der Waals surface area contributed by atoms with Gasteiger partial charge in [0.2, 0.25) is 0 Å². The van der Waals surface area contributed by atoms with Crippen LogP contribution in [0.15, 0.2) is 5.38 Å². The second-order valence-electron chi connectivity index (χ2n) is 7.23. The van der Waals surface area contributed by atoms with Crippen LogP contribution in [0.25, 0.3) is 0 Å². The van der Waals surface area contributed by atoms with Crippen LogP contribution in [0, 0.1) is 18.3 Å². The first-order valence-electron chi connectivity index (χ1n) is 8.25. The third kappa shape index (κ3) is 4.51. The number of aromatic nitrogens is 1. The van der Waals surface area contributed by atoms with Gasteiger partial charge in [-0.1, -0.05) is 27.2 Å². The summed E-state index contributed by atoms with van der Waals surface area (Å²) in [4.78, 5) is 7.04. The molecule has 1 aliphatic carbocycles. The van der Waals surface area contributed by atoms with Crippen LogP contribution in [-0.4, -0.2) is 36.1 Å². The summed E-state index contributed by atoms with van der Waals surface area (Å²) in [6.07, 6.45) is 4.06. The van der Waals surface area contributed by atoms with Gasteiger partial charge in [-0.05, 0) is 44.7 Å². The highest BCUT2D eigenvalue weighted by Gasteiger charge is 2.38. The van der Waals surface area contributed by atoms with Crippen LogP contribution in [0.5, 0.6) is 0 Å². The van der Waals surface area contributed by atoms with Gasteiger partial charge >= 0.3 is 0 Å². The number of thiazole rings is 1. The van der Waals surface area contributed by atoms with Gasteiger partial charge in [0.15, 0.2) is 0 Å². The van der Waals surface area contributed by atoms with Gasteiger partial charge in [-0.2, -0.15) is 0 Å². The summed E-state index contributed by atoms with van der Waals surface area (Å²) in [5, 5.41) is 7.12. The van der Waals surface area contributed by atoms with E-state index in [1.807, 2.05) is 0 Å². The van der Waals surface area contributed by atoms with Crippen molar-refractivity contribution in [2.45, 2.75) is 59.5 Å². The fourth-order valence-corrected chi connectivity index (χ4v) is 4.47. The molecule has 2 unspecified atom stereocenters. The largest absolute Gasteiger partial charge is 0.313 e. The lowest BCUT2D eigenvalue weighted by molar-refractivity contribution is 0.0846. The summed E-state index contributed by atoms with van der Waals surface area (Å²) in [6.45, 7) is 12.4. The van der Waals surface area contributed by atoms with Crippen molar-refractivity contribution in [2.75, 3.05) is 20.1 Å². The summed E-state index contributed by atoms with van der Waals surface area (Å²) in [5.41, 5.74) is 1.63. The van der Waals surface area contributed by atoms with Crippen LogP contribution >= 0.6 is 11.3 Å². The highest BCUT2D eigenvalue weighted by Crippen LogP contribution is 2.39. The maximum absolute atomic E-state index is 4.59. The number of nitrogens with one attached hydrogen (secondary N) is 1. The molecule has 0 saturated heterocycles. The molecule has 0 bridgehead atoms. The van der Waals surface area contributed by atoms with E-state index in [0.717, 1.165) is 25.6 Å². The molecule has 0 spiro atoms. The monoisotopic (exact) mass is 309 g/mol. The SMILES string of the molecule is CCNC1C(CN(C)Cc2csc(C)n2)CCCC1(C)C. The van der Waals surface area contributed by atoms with Gasteiger partial charge in [0.05, 0.1) is 10.7 Å². The maximum atomic E-state index is 4.59. The van der Waals surface area contributed by atoms with E-state index in [0.29, 0.717) is 11.5 Å². The Hall–Kier alpha value is -0.450. The van der Waals surface area contributed by atoms with E-state index in [2.05, 4.69) is 55.3 Å². The fourth-order valence-electron chi connectivity index (χ4n) is 3.86. The molecule has 1 aromatic heterocycles. The lowest BCUT2D eigenvalue weighted by atomic mass is 9.67. The molecule has 0 aromatic carbocycles. The third-order valence-electron chi connectivity index (χ3n) is 4.78. The van der Waals surface area contributed by atoms with Gasteiger partial charge in [-0.25, -0.2) is 4.98 Å². The van der Waals surface area contributed by atoms with E-state index in [4.69, 9.17) is 0 Å². The molecule has 3 nitrogen and oxygen atoms in total. The summed E-state index contributed by atoms with van der Waals surface area (Å²) in [5.74, 6) is 0.749. The minimum absolute atomic E-state index is 0.414. The first-order valence-corrected chi connectivity index (χ1v) is 9.13. The van der Waals surface area contributed by atoms with Gasteiger partial charge in [0.1, 0.15) is 0 Å². The molecule has 1 N–H and O–H groups in total. The predicted molar refractivity (Wildman–Crippen MR) is 91.8 cm³/mol. The molecular formula is C17H31N3S. The molecule has 120 valence electrons. The Morgan fingerprint density at radius 1 is 1.48 bits per heavy atom. The summed E-state index contributed by atoms with van der Waals surface area (Å²) < 4.78 is 0. The minimum atomic E-state index is 0.414. The fraction of sp³-hybridized carbons (Fsp3) is 0.824. The second-order valence-corrected chi connectivity index (χ2v) is 8.29. The Bertz CT molecular complexity index is 441. The molecule has 2 rings (SSSR count). The predicted octanol–water partition coefficient (Wildman–Crippen LogP) is 3.69. The maximum Gasteiger partial charge on any atom is 0.0897 e. The molecular weight excluding hydrogens is 278 g/mol. The molecule has 0 aliphatic heterocycles. The summed E-state index contributed by atoms with van der Waals surface area (Å²) in [7, 11) is 2.24. The van der Waals surface area contributed by atoms with Crippen LogP contribution in [0.3, 0.4) is 0 Å². The average molecular weight is 310 g/mol. The average Bonchev–Trinajstić information content (AvgIpc) is 2.78. The lowest BCUT2D eigenvalue weighted by Crippen LogP contribution is -2.52. The van der Waals surface area contributed by atoms with Gasteiger partial charge in [-0.15, -0.1) is 11.3 Å². The standard InChI is InChI=1S/C17H31N3S/c1-6-18-16-14(8-7-9-17(16,3)4)10-20(5)11-15-12-21-13(2)19-15/h12,14,16,18H,6-11H2,1-5H3. The lowest BCUT2D eigenvalue weighted by Gasteiger charge is -2.45. The van der Waals surface area contributed by atoms with E-state index < -0.39 is 0 Å². The normalized spacial score (nSPS) is 25.4. The van der Waals surface area contributed by atoms with Gasteiger partial charge in [0, 0.05) is 24.5 Å². The first-order chi connectivity index (χ1) is 9.92. The molecule has 21 heavy (non-hydrogen) atoms. The van der Waals surface area contributed by atoms with E-state index in [1.54, 1.807) is 11.3 Å². The van der Waals surface area contributed by atoms with Crippen molar-refractivity contribution in [1.29, 1.82) is 0 Å². The molecule has 2 atom stereocenters. The Labute approximate surface area is 134 Å². The third-order valence-corrected chi connectivity index (χ3v) is 5.60. The Balaban J connectivity index is 1.95. The molecule has 1 saturated carbocycles. The van der Waals surface area contributed by atoms with Crippen molar-refractivity contribution in [3.8, 4) is 0 Å². The zero-order valence-electron chi connectivity index (χ0n) is 14.3. The smallest absolute Gasteiger partial charge is 0.0897 e. The Morgan fingerprint density at radius 3 is 2.86 bits per heavy atom. The van der Waals surface area contributed by atoms with Crippen molar-refractivity contribution in [2.24, 2.45) is 11.3 Å². The van der Waals surface area contributed by atoms with E-state index >= 15 is 0 Å². The zero-order valence-corrected chi connectivity index (χ0v) is 15.1. The number of nitrogens with zero attached hydrogens (tertiary/aromatic N) is 2. The highest BCUT2D eigenvalue weighted by molar-refractivity contribution is 7.09. The van der Waals surface area contributed by atoms with Crippen LogP contribution in [0.1, 0.15) is 50.7 Å². The molecule has 0 radical (unpaired) electrons. The first kappa shape index (κ1) is 16.9. The zero-order chi connectivity index (χ0) is 15.5. The molecule has 1 fully saturated rings. The molecule has 1 aromatic rings. The van der Waals surface area contributed by atoms with Gasteiger partial charge in [0.25, 0.3) is 0 Å². The molecule has 1 heterocycles. The highest BCUT2D eigenvalue weighted by atomic mass is 32.1.